The van der Waals surface area contributed by atoms with Crippen molar-refractivity contribution in [1.29, 1.82) is 0 Å². The molecule has 0 saturated heterocycles. The predicted molar refractivity (Wildman–Crippen MR) is 83.8 cm³/mol. The van der Waals surface area contributed by atoms with Crippen molar-refractivity contribution in [1.82, 2.24) is 0 Å². The van der Waals surface area contributed by atoms with Crippen molar-refractivity contribution in [2.75, 3.05) is 13.2 Å². The van der Waals surface area contributed by atoms with Crippen LogP contribution in [0.5, 0.6) is 5.75 Å². The van der Waals surface area contributed by atoms with E-state index in [9.17, 15) is 37.1 Å². The summed E-state index contributed by atoms with van der Waals surface area (Å²) in [5, 5.41) is 21.6. The van der Waals surface area contributed by atoms with E-state index in [2.05, 4.69) is 8.37 Å². The molecule has 2 N–H and O–H groups in total. The maximum Gasteiger partial charge on any atom is 0.397 e. The van der Waals surface area contributed by atoms with Crippen LogP contribution in [0.15, 0.2) is 18.2 Å². The van der Waals surface area contributed by atoms with E-state index in [1.54, 1.807) is 0 Å². The molecular weight excluding hydrogens is 420 g/mol. The molecule has 0 aromatic heterocycles. The summed E-state index contributed by atoms with van der Waals surface area (Å²) in [6.07, 6.45) is -2.11. The van der Waals surface area contributed by atoms with E-state index in [1.807, 2.05) is 0 Å². The van der Waals surface area contributed by atoms with Crippen LogP contribution in [-0.4, -0.2) is 55.1 Å². The Bertz CT molecular complexity index is 911. The maximum atomic E-state index is 10.9. The number of non-ortho nitro benzene ring substituents is 1. The number of ether oxygens (including phenoxy) is 1. The number of nitro groups is 2. The third-order valence-electron chi connectivity index (χ3n) is 2.71. The fraction of sp³-hybridized carbons (Fsp3) is 0.400. The predicted octanol–water partition coefficient (Wildman–Crippen LogP) is 0.279. The average Bonchev–Trinajstić information content (AvgIpc) is 2.50. The highest BCUT2D eigenvalue weighted by Gasteiger charge is 2.23. The molecule has 27 heavy (non-hydrogen) atoms. The lowest BCUT2D eigenvalue weighted by molar-refractivity contribution is -0.394. The second kappa shape index (κ2) is 8.97. The quantitative estimate of drug-likeness (QED) is 0.272. The largest absolute Gasteiger partial charge is 0.487 e. The Labute approximate surface area is 151 Å². The first-order chi connectivity index (χ1) is 12.3. The molecule has 0 radical (unpaired) electrons. The zero-order chi connectivity index (χ0) is 20.8. The summed E-state index contributed by atoms with van der Waals surface area (Å²) in [6.45, 7) is -1.53. The molecule has 0 aliphatic carbocycles. The molecule has 0 aliphatic heterocycles. The molecule has 0 heterocycles. The Morgan fingerprint density at radius 1 is 1.04 bits per heavy atom. The minimum absolute atomic E-state index is 0.396. The van der Waals surface area contributed by atoms with Crippen LogP contribution >= 0.6 is 0 Å². The van der Waals surface area contributed by atoms with Crippen LogP contribution in [-0.2, 0) is 29.2 Å². The number of nitro benzene ring substituents is 2. The highest BCUT2D eigenvalue weighted by Crippen LogP contribution is 2.31. The smallest absolute Gasteiger partial charge is 0.397 e. The van der Waals surface area contributed by atoms with Crippen molar-refractivity contribution in [3.05, 3.63) is 38.4 Å². The van der Waals surface area contributed by atoms with Gasteiger partial charge in [0.2, 0.25) is 0 Å². The molecule has 0 amide bonds. The summed E-state index contributed by atoms with van der Waals surface area (Å²) < 4.78 is 72.6. The van der Waals surface area contributed by atoms with Gasteiger partial charge >= 0.3 is 26.5 Å². The molecular formula is C10H12N2O13S2. The van der Waals surface area contributed by atoms with Crippen molar-refractivity contribution in [2.24, 2.45) is 0 Å². The molecule has 17 heteroatoms. The van der Waals surface area contributed by atoms with Crippen LogP contribution < -0.4 is 4.74 Å². The van der Waals surface area contributed by atoms with Crippen LogP contribution in [0.3, 0.4) is 0 Å². The second-order valence-corrected chi connectivity index (χ2v) is 6.80. The van der Waals surface area contributed by atoms with E-state index in [1.165, 1.54) is 0 Å². The number of rotatable bonds is 11. The van der Waals surface area contributed by atoms with E-state index in [0.717, 1.165) is 12.1 Å². The normalized spacial score (nSPS) is 13.1. The Morgan fingerprint density at radius 3 is 2.15 bits per heavy atom. The topological polar surface area (TPSA) is 223 Å². The zero-order valence-electron chi connectivity index (χ0n) is 13.0. The van der Waals surface area contributed by atoms with Crippen LogP contribution in [0, 0.1) is 20.2 Å². The Kier molecular flexibility index (Phi) is 7.51. The van der Waals surface area contributed by atoms with Gasteiger partial charge in [0.25, 0.3) is 5.69 Å². The number of hydrogen-bond donors (Lipinski definition) is 2. The number of nitrogens with zero attached hydrogens (tertiary/aromatic N) is 2. The summed E-state index contributed by atoms with van der Waals surface area (Å²) >= 11 is 0. The van der Waals surface area contributed by atoms with E-state index >= 15 is 0 Å². The summed E-state index contributed by atoms with van der Waals surface area (Å²) in [7, 11) is -9.95. The minimum atomic E-state index is -5.02. The van der Waals surface area contributed by atoms with Gasteiger partial charge in [-0.25, -0.2) is 8.37 Å². The van der Waals surface area contributed by atoms with Crippen molar-refractivity contribution >= 4 is 32.2 Å². The Balaban J connectivity index is 2.84. The first kappa shape index (κ1) is 22.6. The van der Waals surface area contributed by atoms with Gasteiger partial charge in [0.1, 0.15) is 6.10 Å². The van der Waals surface area contributed by atoms with Gasteiger partial charge in [-0.05, 0) is 6.07 Å². The van der Waals surface area contributed by atoms with Gasteiger partial charge in [-0.15, -0.1) is 0 Å². The molecule has 0 fully saturated rings. The summed E-state index contributed by atoms with van der Waals surface area (Å²) in [5.41, 5.74) is -1.31. The first-order valence-corrected chi connectivity index (χ1v) is 9.34. The lowest BCUT2D eigenvalue weighted by Crippen LogP contribution is -2.27. The highest BCUT2D eigenvalue weighted by molar-refractivity contribution is 7.81. The van der Waals surface area contributed by atoms with Gasteiger partial charge in [0, 0.05) is 12.5 Å². The lowest BCUT2D eigenvalue weighted by Gasteiger charge is -2.15. The monoisotopic (exact) mass is 432 g/mol. The van der Waals surface area contributed by atoms with Crippen molar-refractivity contribution in [3.63, 3.8) is 0 Å². The summed E-state index contributed by atoms with van der Waals surface area (Å²) in [5.74, 6) is -0.396. The summed E-state index contributed by atoms with van der Waals surface area (Å²) in [6, 6.07) is 2.50. The van der Waals surface area contributed by atoms with Crippen LogP contribution in [0.25, 0.3) is 0 Å². The molecule has 152 valence electrons. The maximum absolute atomic E-state index is 10.9. The molecule has 0 saturated carbocycles. The zero-order valence-corrected chi connectivity index (χ0v) is 14.7. The molecule has 1 aromatic rings. The third kappa shape index (κ3) is 8.66. The van der Waals surface area contributed by atoms with Gasteiger partial charge in [0.15, 0.2) is 5.75 Å². The van der Waals surface area contributed by atoms with E-state index in [4.69, 9.17) is 13.8 Å². The Hall–Kier alpha value is -2.44. The van der Waals surface area contributed by atoms with E-state index < -0.39 is 73.5 Å². The standard InChI is InChI=1S/C10H12N2O13S2/c13-11(14)7-1-2-10(9(5-7)12(15)16)23-4-3-8(25-27(20,21)22)6-24-26(17,18)19/h1-2,5,8H,3-4,6H2,(H,17,18,19)(H,20,21,22). The van der Waals surface area contributed by atoms with Gasteiger partial charge in [-0.2, -0.15) is 16.8 Å². The van der Waals surface area contributed by atoms with E-state index in [0.29, 0.717) is 6.07 Å². The second-order valence-electron chi connectivity index (χ2n) is 4.66. The number of benzene rings is 1. The van der Waals surface area contributed by atoms with Crippen molar-refractivity contribution in [2.45, 2.75) is 12.5 Å². The molecule has 1 atom stereocenters. The molecule has 15 nitrogen and oxygen atoms in total. The van der Waals surface area contributed by atoms with Crippen molar-refractivity contribution < 1.29 is 48.9 Å². The fourth-order valence-electron chi connectivity index (χ4n) is 1.68. The molecule has 1 unspecified atom stereocenters. The molecule has 1 rings (SSSR count). The fourth-order valence-corrected chi connectivity index (χ4v) is 2.50. The van der Waals surface area contributed by atoms with Crippen LogP contribution in [0.4, 0.5) is 11.4 Å². The first-order valence-electron chi connectivity index (χ1n) is 6.61. The molecule has 0 aliphatic rings. The molecule has 0 bridgehead atoms. The van der Waals surface area contributed by atoms with Gasteiger partial charge in [-0.1, -0.05) is 0 Å². The third-order valence-corrected chi connectivity index (χ3v) is 3.66. The lowest BCUT2D eigenvalue weighted by atomic mass is 10.2. The molecule has 0 spiro atoms. The summed E-state index contributed by atoms with van der Waals surface area (Å²) in [4.78, 5) is 19.8. The Morgan fingerprint density at radius 2 is 1.67 bits per heavy atom. The van der Waals surface area contributed by atoms with Gasteiger partial charge in [-0.3, -0.25) is 29.3 Å². The highest BCUT2D eigenvalue weighted by atomic mass is 32.3. The van der Waals surface area contributed by atoms with Crippen LogP contribution in [0.2, 0.25) is 0 Å². The minimum Gasteiger partial charge on any atom is -0.487 e. The SMILES string of the molecule is O=[N+]([O-])c1ccc(OCCC(COS(=O)(=O)O)OS(=O)(=O)O)c([N+](=O)[O-])c1. The van der Waals surface area contributed by atoms with Gasteiger partial charge in [0.05, 0.1) is 29.1 Å². The van der Waals surface area contributed by atoms with Gasteiger partial charge < -0.3 is 4.74 Å². The molecule has 1 aromatic carbocycles. The number of hydrogen-bond acceptors (Lipinski definition) is 11. The van der Waals surface area contributed by atoms with Crippen LogP contribution in [0.1, 0.15) is 6.42 Å². The average molecular weight is 432 g/mol. The van der Waals surface area contributed by atoms with E-state index in [-0.39, 0.29) is 0 Å². The van der Waals surface area contributed by atoms with Crippen molar-refractivity contribution in [3.8, 4) is 5.75 Å².